The smallest absolute Gasteiger partial charge is 0.0937 e. The van der Waals surface area contributed by atoms with Gasteiger partial charge in [-0.15, -0.1) is 11.3 Å². The minimum Gasteiger partial charge on any atom is -0.310 e. The number of nitrogens with zero attached hydrogens (tertiary/aromatic N) is 1. The van der Waals surface area contributed by atoms with Gasteiger partial charge in [-0.1, -0.05) is 30.7 Å². The third-order valence-electron chi connectivity index (χ3n) is 3.83. The fourth-order valence-electron chi connectivity index (χ4n) is 2.86. The summed E-state index contributed by atoms with van der Waals surface area (Å²) in [5.74, 6) is 0. The molecule has 1 atom stereocenters. The van der Waals surface area contributed by atoms with Crippen LogP contribution in [0.15, 0.2) is 35.8 Å². The van der Waals surface area contributed by atoms with Gasteiger partial charge in [0.25, 0.3) is 0 Å². The zero-order valence-corrected chi connectivity index (χ0v) is 12.0. The molecule has 0 aliphatic heterocycles. The quantitative estimate of drug-likeness (QED) is 0.858. The summed E-state index contributed by atoms with van der Waals surface area (Å²) < 4.78 is 0. The fourth-order valence-corrected chi connectivity index (χ4v) is 3.48. The first-order valence-corrected chi connectivity index (χ1v) is 8.01. The molecule has 1 aliphatic rings. The van der Waals surface area contributed by atoms with Crippen LogP contribution in [0.2, 0.25) is 0 Å². The van der Waals surface area contributed by atoms with Crippen molar-refractivity contribution in [2.24, 2.45) is 0 Å². The molecule has 1 N–H and O–H groups in total. The molecule has 2 aromatic rings. The Bertz CT molecular complexity index is 507. The summed E-state index contributed by atoms with van der Waals surface area (Å²) in [5, 5.41) is 7.01. The largest absolute Gasteiger partial charge is 0.310 e. The van der Waals surface area contributed by atoms with Crippen LogP contribution in [0.4, 0.5) is 0 Å². The van der Waals surface area contributed by atoms with Gasteiger partial charge >= 0.3 is 0 Å². The topological polar surface area (TPSA) is 24.9 Å². The van der Waals surface area contributed by atoms with E-state index in [-0.39, 0.29) is 0 Å². The van der Waals surface area contributed by atoms with E-state index in [9.17, 15) is 0 Å². The molecule has 0 spiro atoms. The zero-order valence-electron chi connectivity index (χ0n) is 11.1. The van der Waals surface area contributed by atoms with E-state index in [2.05, 4.69) is 39.9 Å². The lowest BCUT2D eigenvalue weighted by Crippen LogP contribution is -2.24. The van der Waals surface area contributed by atoms with Gasteiger partial charge < -0.3 is 5.32 Å². The SMILES string of the molecule is c1ccc2c(c1)CCCCC2NCCc1nccs1. The molecule has 1 heterocycles. The number of rotatable bonds is 4. The molecular weight excluding hydrogens is 252 g/mol. The molecular formula is C16H20N2S. The first-order valence-electron chi connectivity index (χ1n) is 7.13. The van der Waals surface area contributed by atoms with Gasteiger partial charge in [-0.05, 0) is 30.4 Å². The number of aryl methyl sites for hydroxylation is 1. The van der Waals surface area contributed by atoms with Crippen LogP contribution >= 0.6 is 11.3 Å². The number of fused-ring (bicyclic) bond motifs is 1. The third kappa shape index (κ3) is 3.23. The van der Waals surface area contributed by atoms with Crippen molar-refractivity contribution in [1.82, 2.24) is 10.3 Å². The summed E-state index contributed by atoms with van der Waals surface area (Å²) in [5.41, 5.74) is 3.05. The first kappa shape index (κ1) is 12.8. The van der Waals surface area contributed by atoms with Gasteiger partial charge in [-0.25, -0.2) is 4.98 Å². The summed E-state index contributed by atoms with van der Waals surface area (Å²) in [6.45, 7) is 1.02. The Hall–Kier alpha value is -1.19. The summed E-state index contributed by atoms with van der Waals surface area (Å²) in [4.78, 5) is 4.34. The number of benzene rings is 1. The van der Waals surface area contributed by atoms with Crippen molar-refractivity contribution in [2.45, 2.75) is 38.1 Å². The molecule has 0 fully saturated rings. The second-order valence-electron chi connectivity index (χ2n) is 5.13. The van der Waals surface area contributed by atoms with Crippen LogP contribution in [-0.4, -0.2) is 11.5 Å². The first-order chi connectivity index (χ1) is 9.43. The highest BCUT2D eigenvalue weighted by molar-refractivity contribution is 7.09. The fraction of sp³-hybridized carbons (Fsp3) is 0.438. The minimum absolute atomic E-state index is 0.527. The number of thiazole rings is 1. The number of hydrogen-bond donors (Lipinski definition) is 1. The van der Waals surface area contributed by atoms with Gasteiger partial charge in [0.15, 0.2) is 0 Å². The van der Waals surface area contributed by atoms with Crippen LogP contribution in [0.5, 0.6) is 0 Å². The number of hydrogen-bond acceptors (Lipinski definition) is 3. The van der Waals surface area contributed by atoms with Gasteiger partial charge in [0.1, 0.15) is 0 Å². The maximum absolute atomic E-state index is 4.34. The van der Waals surface area contributed by atoms with Crippen LogP contribution in [0.1, 0.15) is 41.4 Å². The minimum atomic E-state index is 0.527. The summed E-state index contributed by atoms with van der Waals surface area (Å²) in [7, 11) is 0. The van der Waals surface area contributed by atoms with E-state index in [0.29, 0.717) is 6.04 Å². The Balaban J connectivity index is 1.63. The van der Waals surface area contributed by atoms with Gasteiger partial charge in [-0.2, -0.15) is 0 Å². The van der Waals surface area contributed by atoms with E-state index in [1.807, 2.05) is 6.20 Å². The van der Waals surface area contributed by atoms with Crippen molar-refractivity contribution in [3.05, 3.63) is 52.0 Å². The lowest BCUT2D eigenvalue weighted by Gasteiger charge is -2.19. The predicted octanol–water partition coefficient (Wildman–Crippen LogP) is 3.74. The second kappa shape index (κ2) is 6.31. The maximum Gasteiger partial charge on any atom is 0.0937 e. The highest BCUT2D eigenvalue weighted by Gasteiger charge is 2.17. The van der Waals surface area contributed by atoms with Crippen molar-refractivity contribution < 1.29 is 0 Å². The van der Waals surface area contributed by atoms with Crippen LogP contribution in [0.25, 0.3) is 0 Å². The highest BCUT2D eigenvalue weighted by atomic mass is 32.1. The van der Waals surface area contributed by atoms with Crippen molar-refractivity contribution >= 4 is 11.3 Å². The van der Waals surface area contributed by atoms with Gasteiger partial charge in [0, 0.05) is 30.6 Å². The Kier molecular flexibility index (Phi) is 4.26. The Labute approximate surface area is 118 Å². The monoisotopic (exact) mass is 272 g/mol. The van der Waals surface area contributed by atoms with Crippen LogP contribution < -0.4 is 5.32 Å². The van der Waals surface area contributed by atoms with Crippen LogP contribution in [0.3, 0.4) is 0 Å². The molecule has 0 saturated carbocycles. The van der Waals surface area contributed by atoms with E-state index >= 15 is 0 Å². The van der Waals surface area contributed by atoms with Gasteiger partial charge in [-0.3, -0.25) is 0 Å². The Morgan fingerprint density at radius 3 is 3.11 bits per heavy atom. The van der Waals surface area contributed by atoms with Crippen molar-refractivity contribution in [2.75, 3.05) is 6.54 Å². The van der Waals surface area contributed by atoms with E-state index in [1.54, 1.807) is 11.3 Å². The van der Waals surface area contributed by atoms with Crippen molar-refractivity contribution in [1.29, 1.82) is 0 Å². The summed E-state index contributed by atoms with van der Waals surface area (Å²) >= 11 is 1.75. The summed E-state index contributed by atoms with van der Waals surface area (Å²) in [6.07, 6.45) is 8.07. The molecule has 1 aliphatic carbocycles. The van der Waals surface area contributed by atoms with Crippen molar-refractivity contribution in [3.8, 4) is 0 Å². The third-order valence-corrected chi connectivity index (χ3v) is 4.67. The van der Waals surface area contributed by atoms with Gasteiger partial charge in [0.05, 0.1) is 5.01 Å². The van der Waals surface area contributed by atoms with Crippen molar-refractivity contribution in [3.63, 3.8) is 0 Å². The second-order valence-corrected chi connectivity index (χ2v) is 6.11. The average molecular weight is 272 g/mol. The highest BCUT2D eigenvalue weighted by Crippen LogP contribution is 2.28. The lowest BCUT2D eigenvalue weighted by atomic mass is 9.99. The molecule has 0 radical (unpaired) electrons. The molecule has 0 saturated heterocycles. The number of aromatic nitrogens is 1. The molecule has 3 rings (SSSR count). The molecule has 100 valence electrons. The van der Waals surface area contributed by atoms with E-state index in [1.165, 1.54) is 41.8 Å². The Morgan fingerprint density at radius 1 is 1.26 bits per heavy atom. The molecule has 1 aromatic heterocycles. The average Bonchev–Trinajstić information content (AvgIpc) is 2.87. The predicted molar refractivity (Wildman–Crippen MR) is 80.6 cm³/mol. The van der Waals surface area contributed by atoms with Gasteiger partial charge in [0.2, 0.25) is 0 Å². The molecule has 1 aromatic carbocycles. The summed E-state index contributed by atoms with van der Waals surface area (Å²) in [6, 6.07) is 9.44. The standard InChI is InChI=1S/C16H20N2S/c1-3-7-14-13(5-1)6-2-4-8-15(14)17-10-9-16-18-11-12-19-16/h1,3,5,7,11-12,15,17H,2,4,6,8-10H2. The molecule has 0 bridgehead atoms. The molecule has 1 unspecified atom stereocenters. The van der Waals surface area contributed by atoms with E-state index < -0.39 is 0 Å². The van der Waals surface area contributed by atoms with E-state index in [0.717, 1.165) is 13.0 Å². The number of nitrogens with one attached hydrogen (secondary N) is 1. The molecule has 0 amide bonds. The van der Waals surface area contributed by atoms with Crippen LogP contribution in [-0.2, 0) is 12.8 Å². The normalized spacial score (nSPS) is 18.8. The van der Waals surface area contributed by atoms with E-state index in [4.69, 9.17) is 0 Å². The van der Waals surface area contributed by atoms with Crippen LogP contribution in [0, 0.1) is 0 Å². The maximum atomic E-state index is 4.34. The lowest BCUT2D eigenvalue weighted by molar-refractivity contribution is 0.492. The molecule has 2 nitrogen and oxygen atoms in total. The molecule has 19 heavy (non-hydrogen) atoms. The molecule has 3 heteroatoms. The Morgan fingerprint density at radius 2 is 2.21 bits per heavy atom. The zero-order chi connectivity index (χ0) is 12.9.